The van der Waals surface area contributed by atoms with Crippen LogP contribution in [0.25, 0.3) is 11.5 Å². The minimum absolute atomic E-state index is 0.259. The van der Waals surface area contributed by atoms with Crippen LogP contribution in [0.4, 0.5) is 0 Å². The zero-order chi connectivity index (χ0) is 13.2. The molecular weight excluding hydrogens is 240 g/mol. The highest BCUT2D eigenvalue weighted by molar-refractivity contribution is 5.61. The van der Waals surface area contributed by atoms with Crippen molar-refractivity contribution in [2.45, 2.75) is 44.9 Å². The number of nitrogens with zero attached hydrogens (tertiary/aromatic N) is 2. The number of hydrogen-bond donors (Lipinski definition) is 1. The second-order valence-electron chi connectivity index (χ2n) is 5.24. The van der Waals surface area contributed by atoms with Crippen molar-refractivity contribution in [1.82, 2.24) is 10.1 Å². The number of phenolic OH excluding ortho intramolecular Hbond substituents is 1. The lowest BCUT2D eigenvalue weighted by atomic mass is 9.89. The molecule has 4 nitrogen and oxygen atoms in total. The van der Waals surface area contributed by atoms with E-state index in [4.69, 9.17) is 4.52 Å². The van der Waals surface area contributed by atoms with Crippen molar-refractivity contribution in [3.8, 4) is 17.2 Å². The fourth-order valence-corrected chi connectivity index (χ4v) is 2.73. The van der Waals surface area contributed by atoms with Crippen LogP contribution in [-0.2, 0) is 0 Å². The van der Waals surface area contributed by atoms with Crippen LogP contribution in [0.15, 0.2) is 22.7 Å². The number of hydrogen-bond acceptors (Lipinski definition) is 4. The first-order valence-corrected chi connectivity index (χ1v) is 6.88. The molecular formula is C15H18N2O2. The fraction of sp³-hybridized carbons (Fsp3) is 0.467. The topological polar surface area (TPSA) is 59.2 Å². The van der Waals surface area contributed by atoms with E-state index in [2.05, 4.69) is 10.1 Å². The Morgan fingerprint density at radius 1 is 1.21 bits per heavy atom. The lowest BCUT2D eigenvalue weighted by Gasteiger charge is -2.17. The van der Waals surface area contributed by atoms with Crippen LogP contribution < -0.4 is 0 Å². The average Bonchev–Trinajstić information content (AvgIpc) is 2.92. The molecule has 0 aliphatic heterocycles. The molecule has 0 bridgehead atoms. The smallest absolute Gasteiger partial charge is 0.258 e. The number of benzene rings is 1. The molecule has 1 heterocycles. The Morgan fingerprint density at radius 2 is 2.00 bits per heavy atom. The highest BCUT2D eigenvalue weighted by atomic mass is 16.5. The lowest BCUT2D eigenvalue weighted by molar-refractivity contribution is 0.385. The first-order chi connectivity index (χ1) is 9.25. The van der Waals surface area contributed by atoms with E-state index < -0.39 is 0 Å². The van der Waals surface area contributed by atoms with Gasteiger partial charge in [0.05, 0.1) is 0 Å². The number of aromatic nitrogens is 2. The zero-order valence-electron chi connectivity index (χ0n) is 11.1. The zero-order valence-corrected chi connectivity index (χ0v) is 11.1. The second-order valence-corrected chi connectivity index (χ2v) is 5.24. The molecule has 0 amide bonds. The number of rotatable bonds is 2. The van der Waals surface area contributed by atoms with Crippen LogP contribution in [0.2, 0.25) is 0 Å². The minimum atomic E-state index is 0.259. The van der Waals surface area contributed by atoms with Gasteiger partial charge in [-0.15, -0.1) is 0 Å². The summed E-state index contributed by atoms with van der Waals surface area (Å²) in [5, 5.41) is 13.8. The van der Waals surface area contributed by atoms with Crippen LogP contribution in [0.1, 0.15) is 49.4 Å². The standard InChI is InChI=1S/C15H18N2O2/c1-10-12(8-5-9-13(10)18)15-16-14(17-19-15)11-6-3-2-4-7-11/h5,8-9,11,18H,2-4,6-7H2,1H3. The van der Waals surface area contributed by atoms with E-state index in [-0.39, 0.29) is 5.75 Å². The molecule has 1 aromatic carbocycles. The molecule has 0 unspecified atom stereocenters. The van der Waals surface area contributed by atoms with Gasteiger partial charge in [-0.05, 0) is 31.9 Å². The molecule has 1 N–H and O–H groups in total. The van der Waals surface area contributed by atoms with Crippen molar-refractivity contribution < 1.29 is 9.63 Å². The van der Waals surface area contributed by atoms with Crippen molar-refractivity contribution >= 4 is 0 Å². The average molecular weight is 258 g/mol. The maximum atomic E-state index is 9.73. The van der Waals surface area contributed by atoms with Gasteiger partial charge in [-0.1, -0.05) is 30.5 Å². The third-order valence-electron chi connectivity index (χ3n) is 3.95. The van der Waals surface area contributed by atoms with Gasteiger partial charge >= 0.3 is 0 Å². The summed E-state index contributed by atoms with van der Waals surface area (Å²) in [4.78, 5) is 4.52. The first kappa shape index (κ1) is 12.2. The van der Waals surface area contributed by atoms with Crippen molar-refractivity contribution in [2.24, 2.45) is 0 Å². The van der Waals surface area contributed by atoms with Crippen LogP contribution in [0.5, 0.6) is 5.75 Å². The van der Waals surface area contributed by atoms with Crippen molar-refractivity contribution in [2.75, 3.05) is 0 Å². The van der Waals surface area contributed by atoms with Crippen LogP contribution in [0.3, 0.4) is 0 Å². The van der Waals surface area contributed by atoms with Crippen molar-refractivity contribution in [3.63, 3.8) is 0 Å². The van der Waals surface area contributed by atoms with Gasteiger partial charge in [0.1, 0.15) is 5.75 Å². The summed E-state index contributed by atoms with van der Waals surface area (Å²) in [6, 6.07) is 5.35. The predicted molar refractivity (Wildman–Crippen MR) is 72.0 cm³/mol. The van der Waals surface area contributed by atoms with E-state index in [9.17, 15) is 5.11 Å². The van der Waals surface area contributed by atoms with E-state index in [1.807, 2.05) is 13.0 Å². The van der Waals surface area contributed by atoms with Gasteiger partial charge in [-0.2, -0.15) is 4.98 Å². The van der Waals surface area contributed by atoms with E-state index in [0.717, 1.165) is 29.8 Å². The quantitative estimate of drug-likeness (QED) is 0.890. The van der Waals surface area contributed by atoms with E-state index >= 15 is 0 Å². The Bertz CT molecular complexity index is 571. The molecule has 1 aliphatic rings. The van der Waals surface area contributed by atoms with Gasteiger partial charge in [-0.25, -0.2) is 0 Å². The number of aromatic hydroxyl groups is 1. The maximum Gasteiger partial charge on any atom is 0.258 e. The Morgan fingerprint density at radius 3 is 2.79 bits per heavy atom. The summed E-state index contributed by atoms with van der Waals surface area (Å²) in [5.74, 6) is 2.02. The molecule has 4 heteroatoms. The third-order valence-corrected chi connectivity index (χ3v) is 3.95. The summed E-state index contributed by atoms with van der Waals surface area (Å²) in [5.41, 5.74) is 1.59. The molecule has 3 rings (SSSR count). The Labute approximate surface area is 112 Å². The van der Waals surface area contributed by atoms with Gasteiger partial charge < -0.3 is 9.63 Å². The molecule has 1 aliphatic carbocycles. The van der Waals surface area contributed by atoms with E-state index in [0.29, 0.717) is 11.8 Å². The van der Waals surface area contributed by atoms with Gasteiger partial charge in [0.25, 0.3) is 5.89 Å². The summed E-state index contributed by atoms with van der Waals surface area (Å²) in [6.07, 6.45) is 6.11. The molecule has 1 fully saturated rings. The molecule has 19 heavy (non-hydrogen) atoms. The SMILES string of the molecule is Cc1c(O)cccc1-c1nc(C2CCCCC2)no1. The van der Waals surface area contributed by atoms with Crippen molar-refractivity contribution in [3.05, 3.63) is 29.6 Å². The molecule has 0 saturated heterocycles. The highest BCUT2D eigenvalue weighted by Crippen LogP contribution is 2.33. The highest BCUT2D eigenvalue weighted by Gasteiger charge is 2.22. The van der Waals surface area contributed by atoms with E-state index in [1.165, 1.54) is 19.3 Å². The normalized spacial score (nSPS) is 16.7. The summed E-state index contributed by atoms with van der Waals surface area (Å²) >= 11 is 0. The summed E-state index contributed by atoms with van der Waals surface area (Å²) in [7, 11) is 0. The van der Waals surface area contributed by atoms with Crippen LogP contribution in [-0.4, -0.2) is 15.2 Å². The molecule has 1 aromatic heterocycles. The Balaban J connectivity index is 1.90. The molecule has 0 radical (unpaired) electrons. The number of phenols is 1. The molecule has 1 saturated carbocycles. The van der Waals surface area contributed by atoms with Crippen LogP contribution in [0, 0.1) is 6.92 Å². The third kappa shape index (κ3) is 2.35. The van der Waals surface area contributed by atoms with Gasteiger partial charge in [0.2, 0.25) is 0 Å². The molecule has 0 spiro atoms. The largest absolute Gasteiger partial charge is 0.508 e. The maximum absolute atomic E-state index is 9.73. The predicted octanol–water partition coefficient (Wildman–Crippen LogP) is 3.80. The lowest BCUT2D eigenvalue weighted by Crippen LogP contribution is -2.06. The second kappa shape index (κ2) is 5.03. The molecule has 100 valence electrons. The van der Waals surface area contributed by atoms with Gasteiger partial charge in [0, 0.05) is 17.0 Å². The fourth-order valence-electron chi connectivity index (χ4n) is 2.73. The molecule has 2 aromatic rings. The first-order valence-electron chi connectivity index (χ1n) is 6.88. The summed E-state index contributed by atoms with van der Waals surface area (Å²) in [6.45, 7) is 1.86. The van der Waals surface area contributed by atoms with Gasteiger partial charge in [-0.3, -0.25) is 0 Å². The van der Waals surface area contributed by atoms with Gasteiger partial charge in [0.15, 0.2) is 5.82 Å². The molecule has 0 atom stereocenters. The minimum Gasteiger partial charge on any atom is -0.508 e. The monoisotopic (exact) mass is 258 g/mol. The summed E-state index contributed by atoms with van der Waals surface area (Å²) < 4.78 is 5.37. The van der Waals surface area contributed by atoms with Crippen molar-refractivity contribution in [1.29, 1.82) is 0 Å². The Kier molecular flexibility index (Phi) is 3.23. The van der Waals surface area contributed by atoms with E-state index in [1.54, 1.807) is 12.1 Å². The Hall–Kier alpha value is -1.84. The van der Waals surface area contributed by atoms with Crippen LogP contribution >= 0.6 is 0 Å².